The number of aliphatic imine (C=N–C) groups is 1. The highest BCUT2D eigenvalue weighted by Gasteiger charge is 2.50. The zero-order valence-corrected chi connectivity index (χ0v) is 17.7. The molecule has 4 rings (SSSR count). The normalized spacial score (nSPS) is 23.7. The molecule has 2 saturated heterocycles. The third-order valence-corrected chi connectivity index (χ3v) is 6.24. The van der Waals surface area contributed by atoms with Crippen LogP contribution in [0.5, 0.6) is 0 Å². The van der Waals surface area contributed by atoms with Crippen LogP contribution in [0.1, 0.15) is 43.1 Å². The Bertz CT molecular complexity index is 986. The van der Waals surface area contributed by atoms with Crippen LogP contribution in [-0.4, -0.2) is 97.4 Å². The zero-order chi connectivity index (χ0) is 22.4. The summed E-state index contributed by atoms with van der Waals surface area (Å²) in [5.74, 6) is -1.94. The Kier molecular flexibility index (Phi) is 5.25. The van der Waals surface area contributed by atoms with Gasteiger partial charge in [-0.15, -0.1) is 0 Å². The van der Waals surface area contributed by atoms with E-state index in [1.165, 1.54) is 9.80 Å². The van der Waals surface area contributed by atoms with E-state index in [2.05, 4.69) is 10.1 Å². The van der Waals surface area contributed by atoms with E-state index in [4.69, 9.17) is 0 Å². The number of urea groups is 1. The summed E-state index contributed by atoms with van der Waals surface area (Å²) in [4.78, 5) is 57.9. The maximum Gasteiger partial charge on any atom is 0.345 e. The predicted molar refractivity (Wildman–Crippen MR) is 106 cm³/mol. The number of carbonyl (C=O) groups is 4. The van der Waals surface area contributed by atoms with Gasteiger partial charge < -0.3 is 9.80 Å². The molecule has 0 radical (unpaired) electrons. The van der Waals surface area contributed by atoms with Crippen molar-refractivity contribution in [2.24, 2.45) is 12.0 Å². The number of fused-ring (bicyclic) bond motifs is 4. The molecule has 4 heterocycles. The van der Waals surface area contributed by atoms with Gasteiger partial charge in [-0.05, 0) is 13.3 Å². The largest absolute Gasteiger partial charge is 0.345 e. The summed E-state index contributed by atoms with van der Waals surface area (Å²) in [7, 11) is 3.33. The summed E-state index contributed by atoms with van der Waals surface area (Å²) in [5, 5.41) is 15.2. The second kappa shape index (κ2) is 7.76. The molecule has 0 aromatic carbocycles. The van der Waals surface area contributed by atoms with Crippen molar-refractivity contribution >= 4 is 29.5 Å². The number of hydroxylamine groups is 2. The van der Waals surface area contributed by atoms with Gasteiger partial charge in [-0.3, -0.25) is 34.2 Å². The van der Waals surface area contributed by atoms with Gasteiger partial charge in [0.15, 0.2) is 0 Å². The SMILES string of the molecule is CCN1CCN(C(=O)CCC(=NC)[C@@H]2c3c(cnn3C)[C@@H]3CN2C(=O)N3O)C(=O)C1=O. The highest BCUT2D eigenvalue weighted by atomic mass is 16.5. The number of piperazine rings is 1. The van der Waals surface area contributed by atoms with E-state index in [0.717, 1.165) is 16.2 Å². The smallest absolute Gasteiger partial charge is 0.333 e. The maximum absolute atomic E-state index is 12.7. The molecule has 1 aromatic heterocycles. The van der Waals surface area contributed by atoms with Crippen LogP contribution in [-0.2, 0) is 21.4 Å². The lowest BCUT2D eigenvalue weighted by Crippen LogP contribution is -2.56. The van der Waals surface area contributed by atoms with Gasteiger partial charge in [0.2, 0.25) is 5.91 Å². The molecule has 31 heavy (non-hydrogen) atoms. The van der Waals surface area contributed by atoms with E-state index in [0.29, 0.717) is 23.9 Å². The van der Waals surface area contributed by atoms with E-state index in [-0.39, 0.29) is 25.9 Å². The maximum atomic E-state index is 12.7. The molecule has 1 aromatic rings. The quantitative estimate of drug-likeness (QED) is 0.387. The van der Waals surface area contributed by atoms with Crippen LogP contribution in [0.3, 0.4) is 0 Å². The molecule has 12 heteroatoms. The van der Waals surface area contributed by atoms with Gasteiger partial charge >= 0.3 is 17.8 Å². The fourth-order valence-corrected chi connectivity index (χ4v) is 4.55. The second-order valence-electron chi connectivity index (χ2n) is 7.76. The molecular weight excluding hydrogens is 406 g/mol. The highest BCUT2D eigenvalue weighted by Crippen LogP contribution is 2.43. The van der Waals surface area contributed by atoms with Crippen LogP contribution >= 0.6 is 0 Å². The van der Waals surface area contributed by atoms with Gasteiger partial charge in [-0.25, -0.2) is 4.79 Å². The molecule has 12 nitrogen and oxygen atoms in total. The Morgan fingerprint density at radius 3 is 2.65 bits per heavy atom. The molecule has 0 aliphatic carbocycles. The lowest BCUT2D eigenvalue weighted by atomic mass is 9.92. The van der Waals surface area contributed by atoms with Gasteiger partial charge in [0.05, 0.1) is 18.4 Å². The Morgan fingerprint density at radius 2 is 1.97 bits per heavy atom. The number of nitrogens with zero attached hydrogens (tertiary/aromatic N) is 7. The summed E-state index contributed by atoms with van der Waals surface area (Å²) >= 11 is 0. The summed E-state index contributed by atoms with van der Waals surface area (Å²) in [5.41, 5.74) is 2.03. The van der Waals surface area contributed by atoms with Crippen molar-refractivity contribution in [3.63, 3.8) is 0 Å². The number of hydrogen-bond acceptors (Lipinski definition) is 7. The van der Waals surface area contributed by atoms with Crippen LogP contribution < -0.4 is 0 Å². The Labute approximate surface area is 178 Å². The Hall–Kier alpha value is -3.28. The Morgan fingerprint density at radius 1 is 1.23 bits per heavy atom. The van der Waals surface area contributed by atoms with Crippen molar-refractivity contribution in [3.8, 4) is 0 Å². The number of imide groups is 1. The minimum atomic E-state index is -0.812. The summed E-state index contributed by atoms with van der Waals surface area (Å²) in [6.45, 7) is 2.97. The van der Waals surface area contributed by atoms with E-state index in [1.54, 1.807) is 31.9 Å². The molecule has 3 aliphatic rings. The number of carbonyl (C=O) groups excluding carboxylic acids is 4. The molecule has 0 spiro atoms. The van der Waals surface area contributed by atoms with E-state index < -0.39 is 35.8 Å². The molecule has 0 unspecified atom stereocenters. The molecule has 3 aliphatic heterocycles. The van der Waals surface area contributed by atoms with Crippen molar-refractivity contribution in [2.75, 3.05) is 33.2 Å². The van der Waals surface area contributed by atoms with Crippen molar-refractivity contribution in [2.45, 2.75) is 31.8 Å². The Balaban J connectivity index is 1.52. The molecule has 2 fully saturated rings. The van der Waals surface area contributed by atoms with Crippen LogP contribution in [0.4, 0.5) is 4.79 Å². The fourth-order valence-electron chi connectivity index (χ4n) is 4.55. The van der Waals surface area contributed by atoms with Gasteiger partial charge in [0, 0.05) is 51.4 Å². The number of likely N-dealkylation sites (N-methyl/N-ethyl adjacent to an activating group) is 1. The summed E-state index contributed by atoms with van der Waals surface area (Å²) < 4.78 is 1.64. The number of amides is 5. The highest BCUT2D eigenvalue weighted by molar-refractivity contribution is 6.38. The number of aryl methyl sites for hydroxylation is 1. The first-order valence-electron chi connectivity index (χ1n) is 10.2. The second-order valence-corrected chi connectivity index (χ2v) is 7.76. The van der Waals surface area contributed by atoms with Gasteiger partial charge in [0.25, 0.3) is 0 Å². The molecule has 2 atom stereocenters. The number of aromatic nitrogens is 2. The molecule has 2 bridgehead atoms. The predicted octanol–water partition coefficient (Wildman–Crippen LogP) is -0.289. The summed E-state index contributed by atoms with van der Waals surface area (Å²) in [6, 6.07) is -1.60. The lowest BCUT2D eigenvalue weighted by molar-refractivity contribution is -0.160. The molecule has 166 valence electrons. The van der Waals surface area contributed by atoms with Crippen molar-refractivity contribution in [3.05, 3.63) is 17.5 Å². The van der Waals surface area contributed by atoms with Crippen molar-refractivity contribution in [1.29, 1.82) is 0 Å². The monoisotopic (exact) mass is 431 g/mol. The van der Waals surface area contributed by atoms with Crippen LogP contribution in [0.2, 0.25) is 0 Å². The van der Waals surface area contributed by atoms with Gasteiger partial charge in [-0.1, -0.05) is 0 Å². The average molecular weight is 431 g/mol. The molecule has 1 N–H and O–H groups in total. The lowest BCUT2D eigenvalue weighted by Gasteiger charge is -2.33. The first kappa shape index (κ1) is 21.0. The van der Waals surface area contributed by atoms with Crippen molar-refractivity contribution < 1.29 is 24.4 Å². The van der Waals surface area contributed by atoms with E-state index >= 15 is 0 Å². The first-order valence-corrected chi connectivity index (χ1v) is 10.2. The minimum Gasteiger partial charge on any atom is -0.333 e. The zero-order valence-electron chi connectivity index (χ0n) is 17.7. The van der Waals surface area contributed by atoms with Crippen LogP contribution in [0.15, 0.2) is 11.2 Å². The number of rotatable bonds is 5. The summed E-state index contributed by atoms with van der Waals surface area (Å²) in [6.07, 6.45) is 1.79. The van der Waals surface area contributed by atoms with Gasteiger partial charge in [-0.2, -0.15) is 10.2 Å². The minimum absolute atomic E-state index is 0.0319. The molecular formula is C19H25N7O5. The third-order valence-electron chi connectivity index (χ3n) is 6.24. The standard InChI is InChI=1S/C19H25N7O5/c1-4-23-7-8-24(18(29)17(23)28)14(27)6-5-12(20-2)16-15-11(9-21-22(15)3)13-10-25(16)19(30)26(13)31/h9,13,16,31H,4-8,10H2,1-3H3/t13-,16+/m0/s1. The molecule has 0 saturated carbocycles. The first-order chi connectivity index (χ1) is 14.8. The molecule has 5 amide bonds. The average Bonchev–Trinajstić information content (AvgIpc) is 3.26. The van der Waals surface area contributed by atoms with E-state index in [1.807, 2.05) is 0 Å². The van der Waals surface area contributed by atoms with Gasteiger partial charge in [0.1, 0.15) is 12.1 Å². The number of hydrogen-bond donors (Lipinski definition) is 1. The third kappa shape index (κ3) is 3.17. The fraction of sp³-hybridized carbons (Fsp3) is 0.579. The van der Waals surface area contributed by atoms with E-state index in [9.17, 15) is 24.4 Å². The van der Waals surface area contributed by atoms with Crippen LogP contribution in [0.25, 0.3) is 0 Å². The topological polar surface area (TPSA) is 132 Å². The van der Waals surface area contributed by atoms with Crippen molar-refractivity contribution in [1.82, 2.24) is 29.5 Å². The van der Waals surface area contributed by atoms with Crippen LogP contribution in [0, 0.1) is 0 Å².